The summed E-state index contributed by atoms with van der Waals surface area (Å²) in [6.07, 6.45) is -1.07. The van der Waals surface area contributed by atoms with Crippen molar-refractivity contribution in [2.75, 3.05) is 5.32 Å². The van der Waals surface area contributed by atoms with Crippen molar-refractivity contribution in [3.63, 3.8) is 0 Å². The normalized spacial score (nSPS) is 11.9. The number of nitrogens with one attached hydrogen (secondary N) is 1. The Morgan fingerprint density at radius 2 is 2.00 bits per heavy atom. The molecule has 140 valence electrons. The number of hydrogen-bond acceptors (Lipinski definition) is 6. The number of carbonyl (C=O) groups excluding carboxylic acids is 3. The highest BCUT2D eigenvalue weighted by atomic mass is 35.5. The molecule has 0 aliphatic heterocycles. The number of esters is 1. The molecule has 2 heterocycles. The topological polar surface area (TPSA) is 90.3 Å². The highest BCUT2D eigenvalue weighted by Crippen LogP contribution is 2.23. The van der Waals surface area contributed by atoms with Gasteiger partial charge in [-0.2, -0.15) is 5.10 Å². The number of ether oxygens (including phenoxy) is 1. The van der Waals surface area contributed by atoms with E-state index in [4.69, 9.17) is 16.3 Å². The van der Waals surface area contributed by atoms with Gasteiger partial charge in [-0.15, -0.1) is 11.3 Å². The van der Waals surface area contributed by atoms with Crippen LogP contribution < -0.4 is 5.32 Å². The molecule has 1 amide bonds. The SMILES string of the molecule is Cc1nn(C)c(C)c1NC(=O)C(C)OC(=O)CCC(=O)c1ccc(Cl)s1. The molecule has 1 atom stereocenters. The van der Waals surface area contributed by atoms with Gasteiger partial charge in [-0.05, 0) is 32.9 Å². The zero-order chi connectivity index (χ0) is 19.4. The number of aryl methyl sites for hydroxylation is 2. The molecule has 0 aromatic carbocycles. The lowest BCUT2D eigenvalue weighted by Gasteiger charge is -2.13. The summed E-state index contributed by atoms with van der Waals surface area (Å²) in [5.74, 6) is -1.24. The third-order valence-electron chi connectivity index (χ3n) is 3.84. The third-order valence-corrected chi connectivity index (χ3v) is 5.11. The molecule has 1 unspecified atom stereocenters. The standard InChI is InChI=1S/C17H20ClN3O4S/c1-9-16(10(2)21(4)20-9)19-17(24)11(3)25-15(23)8-5-12(22)13-6-7-14(18)26-13/h6-7,11H,5,8H2,1-4H3,(H,19,24). The van der Waals surface area contributed by atoms with Crippen molar-refractivity contribution in [1.29, 1.82) is 0 Å². The van der Waals surface area contributed by atoms with Crippen LogP contribution >= 0.6 is 22.9 Å². The Kier molecular flexibility index (Phi) is 6.55. The molecular weight excluding hydrogens is 378 g/mol. The predicted octanol–water partition coefficient (Wildman–Crippen LogP) is 3.29. The van der Waals surface area contributed by atoms with E-state index in [1.54, 1.807) is 30.8 Å². The number of Topliss-reactive ketones (excluding diaryl/α,β-unsaturated/α-hetero) is 1. The fourth-order valence-corrected chi connectivity index (χ4v) is 3.30. The van der Waals surface area contributed by atoms with E-state index >= 15 is 0 Å². The van der Waals surface area contributed by atoms with Gasteiger partial charge in [0.25, 0.3) is 5.91 Å². The van der Waals surface area contributed by atoms with E-state index in [2.05, 4.69) is 10.4 Å². The molecule has 0 fully saturated rings. The largest absolute Gasteiger partial charge is 0.453 e. The molecule has 0 bridgehead atoms. The fraction of sp³-hybridized carbons (Fsp3) is 0.412. The van der Waals surface area contributed by atoms with E-state index in [0.717, 1.165) is 17.0 Å². The molecule has 9 heteroatoms. The van der Waals surface area contributed by atoms with E-state index in [-0.39, 0.29) is 18.6 Å². The molecular formula is C17H20ClN3O4S. The first-order valence-electron chi connectivity index (χ1n) is 7.98. The zero-order valence-corrected chi connectivity index (χ0v) is 16.5. The maximum atomic E-state index is 12.2. The summed E-state index contributed by atoms with van der Waals surface area (Å²) in [7, 11) is 1.78. The summed E-state index contributed by atoms with van der Waals surface area (Å²) in [6, 6.07) is 3.25. The quantitative estimate of drug-likeness (QED) is 0.572. The van der Waals surface area contributed by atoms with Crippen LogP contribution in [0.2, 0.25) is 4.34 Å². The summed E-state index contributed by atoms with van der Waals surface area (Å²) in [4.78, 5) is 36.6. The van der Waals surface area contributed by atoms with E-state index in [0.29, 0.717) is 20.6 Å². The minimum atomic E-state index is -0.979. The first kappa shape index (κ1) is 20.1. The monoisotopic (exact) mass is 397 g/mol. The van der Waals surface area contributed by atoms with Crippen LogP contribution in [0.5, 0.6) is 0 Å². The second-order valence-electron chi connectivity index (χ2n) is 5.82. The van der Waals surface area contributed by atoms with Gasteiger partial charge in [0.1, 0.15) is 0 Å². The van der Waals surface area contributed by atoms with Gasteiger partial charge in [0.2, 0.25) is 0 Å². The van der Waals surface area contributed by atoms with E-state index < -0.39 is 18.0 Å². The summed E-state index contributed by atoms with van der Waals surface area (Å²) in [5.41, 5.74) is 2.08. The van der Waals surface area contributed by atoms with Crippen molar-refractivity contribution in [3.05, 3.63) is 32.7 Å². The van der Waals surface area contributed by atoms with Crippen LogP contribution in [0.15, 0.2) is 12.1 Å². The molecule has 2 aromatic rings. The van der Waals surface area contributed by atoms with Crippen LogP contribution in [0, 0.1) is 13.8 Å². The number of hydrogen-bond donors (Lipinski definition) is 1. The number of nitrogens with zero attached hydrogens (tertiary/aromatic N) is 2. The first-order chi connectivity index (χ1) is 12.2. The highest BCUT2D eigenvalue weighted by molar-refractivity contribution is 7.18. The Bertz CT molecular complexity index is 843. The van der Waals surface area contributed by atoms with Crippen LogP contribution in [-0.2, 0) is 21.4 Å². The molecule has 2 rings (SSSR count). The van der Waals surface area contributed by atoms with E-state index in [1.807, 2.05) is 6.92 Å². The molecule has 1 N–H and O–H groups in total. The van der Waals surface area contributed by atoms with Gasteiger partial charge >= 0.3 is 5.97 Å². The average molecular weight is 398 g/mol. The van der Waals surface area contributed by atoms with Gasteiger partial charge in [-0.25, -0.2) is 0 Å². The molecule has 2 aromatic heterocycles. The number of rotatable bonds is 7. The second-order valence-corrected chi connectivity index (χ2v) is 7.53. The van der Waals surface area contributed by atoms with Crippen molar-refractivity contribution in [3.8, 4) is 0 Å². The average Bonchev–Trinajstić information content (AvgIpc) is 3.11. The van der Waals surface area contributed by atoms with Gasteiger partial charge in [-0.1, -0.05) is 11.6 Å². The molecule has 0 spiro atoms. The van der Waals surface area contributed by atoms with Crippen molar-refractivity contribution in [2.45, 2.75) is 39.7 Å². The summed E-state index contributed by atoms with van der Waals surface area (Å²) in [5, 5.41) is 6.93. The number of carbonyl (C=O) groups is 3. The third kappa shape index (κ3) is 4.92. The lowest BCUT2D eigenvalue weighted by atomic mass is 10.2. The van der Waals surface area contributed by atoms with Crippen molar-refractivity contribution in [1.82, 2.24) is 9.78 Å². The highest BCUT2D eigenvalue weighted by Gasteiger charge is 2.21. The molecule has 7 nitrogen and oxygen atoms in total. The molecule has 0 saturated heterocycles. The van der Waals surface area contributed by atoms with Gasteiger partial charge in [0.15, 0.2) is 11.9 Å². The molecule has 26 heavy (non-hydrogen) atoms. The Morgan fingerprint density at radius 3 is 2.54 bits per heavy atom. The molecule has 0 saturated carbocycles. The second kappa shape index (κ2) is 8.46. The summed E-state index contributed by atoms with van der Waals surface area (Å²) < 4.78 is 7.28. The first-order valence-corrected chi connectivity index (χ1v) is 9.17. The lowest BCUT2D eigenvalue weighted by Crippen LogP contribution is -2.30. The van der Waals surface area contributed by atoms with E-state index in [9.17, 15) is 14.4 Å². The maximum absolute atomic E-state index is 12.2. The smallest absolute Gasteiger partial charge is 0.307 e. The number of halogens is 1. The Balaban J connectivity index is 1.84. The van der Waals surface area contributed by atoms with Crippen molar-refractivity contribution < 1.29 is 19.1 Å². The number of ketones is 1. The number of thiophene rings is 1. The van der Waals surface area contributed by atoms with Crippen molar-refractivity contribution in [2.24, 2.45) is 7.05 Å². The minimum Gasteiger partial charge on any atom is -0.453 e. The zero-order valence-electron chi connectivity index (χ0n) is 15.0. The molecule has 0 radical (unpaired) electrons. The fourth-order valence-electron chi connectivity index (χ4n) is 2.29. The van der Waals surface area contributed by atoms with Gasteiger partial charge < -0.3 is 10.1 Å². The number of amides is 1. The summed E-state index contributed by atoms with van der Waals surface area (Å²) >= 11 is 6.95. The number of aromatic nitrogens is 2. The van der Waals surface area contributed by atoms with Crippen LogP contribution in [0.3, 0.4) is 0 Å². The predicted molar refractivity (Wildman–Crippen MR) is 99.8 cm³/mol. The Labute approximate surface area is 160 Å². The molecule has 0 aliphatic rings. The lowest BCUT2D eigenvalue weighted by molar-refractivity contribution is -0.153. The molecule has 0 aliphatic carbocycles. The number of anilines is 1. The maximum Gasteiger partial charge on any atom is 0.307 e. The Morgan fingerprint density at radius 1 is 1.31 bits per heavy atom. The van der Waals surface area contributed by atoms with Crippen LogP contribution in [0.25, 0.3) is 0 Å². The van der Waals surface area contributed by atoms with Gasteiger partial charge in [0.05, 0.1) is 32.7 Å². The minimum absolute atomic E-state index is 0.00480. The van der Waals surface area contributed by atoms with Gasteiger partial charge in [-0.3, -0.25) is 19.1 Å². The van der Waals surface area contributed by atoms with Crippen LogP contribution in [-0.4, -0.2) is 33.5 Å². The van der Waals surface area contributed by atoms with Gasteiger partial charge in [0, 0.05) is 13.5 Å². The van der Waals surface area contributed by atoms with Crippen LogP contribution in [0.4, 0.5) is 5.69 Å². The Hall–Kier alpha value is -2.19. The van der Waals surface area contributed by atoms with Crippen molar-refractivity contribution >= 4 is 46.3 Å². The van der Waals surface area contributed by atoms with Crippen LogP contribution in [0.1, 0.15) is 40.8 Å². The summed E-state index contributed by atoms with van der Waals surface area (Å²) in [6.45, 7) is 5.09. The van der Waals surface area contributed by atoms with E-state index in [1.165, 1.54) is 6.92 Å².